The number of nitrogens with zero attached hydrogens (tertiary/aromatic N) is 3. The topological polar surface area (TPSA) is 55.0 Å². The minimum Gasteiger partial charge on any atom is -0.399 e. The average molecular weight is 256 g/mol. The van der Waals surface area contributed by atoms with E-state index < -0.39 is 0 Å². The Bertz CT molecular complexity index is 596. The molecule has 0 aliphatic carbocycles. The number of benzene rings is 1. The molecule has 0 spiro atoms. The van der Waals surface area contributed by atoms with Crippen LogP contribution in [0.4, 0.5) is 11.5 Å². The highest BCUT2D eigenvalue weighted by Crippen LogP contribution is 2.31. The Morgan fingerprint density at radius 1 is 1.26 bits per heavy atom. The maximum Gasteiger partial charge on any atom is 0.140 e. The summed E-state index contributed by atoms with van der Waals surface area (Å²) >= 11 is 0. The van der Waals surface area contributed by atoms with Crippen LogP contribution in [0.5, 0.6) is 0 Å². The van der Waals surface area contributed by atoms with Crippen molar-refractivity contribution < 1.29 is 0 Å². The first-order valence-corrected chi connectivity index (χ1v) is 6.92. The molecule has 2 heterocycles. The van der Waals surface area contributed by atoms with Crippen molar-refractivity contribution in [2.24, 2.45) is 5.92 Å². The number of rotatable bonds is 1. The standard InChI is InChI=1S/C15H20N4/c1-10-5-6-19(11(2)7-10)15-13-4-3-12(16)8-14(13)17-9-18-15/h3-4,8-11H,5-7,16H2,1-2H3. The van der Waals surface area contributed by atoms with Crippen LogP contribution in [-0.4, -0.2) is 22.6 Å². The molecule has 1 aromatic heterocycles. The smallest absolute Gasteiger partial charge is 0.140 e. The van der Waals surface area contributed by atoms with Crippen LogP contribution in [0.25, 0.3) is 10.9 Å². The lowest BCUT2D eigenvalue weighted by atomic mass is 9.93. The third-order valence-electron chi connectivity index (χ3n) is 4.05. The van der Waals surface area contributed by atoms with Gasteiger partial charge in [0.1, 0.15) is 12.1 Å². The summed E-state index contributed by atoms with van der Waals surface area (Å²) in [6.45, 7) is 5.67. The fraction of sp³-hybridized carbons (Fsp3) is 0.467. The van der Waals surface area contributed by atoms with Crippen molar-refractivity contribution in [3.05, 3.63) is 24.5 Å². The fourth-order valence-corrected chi connectivity index (χ4v) is 3.01. The van der Waals surface area contributed by atoms with E-state index in [4.69, 9.17) is 5.73 Å². The molecule has 0 amide bonds. The van der Waals surface area contributed by atoms with E-state index in [0.717, 1.165) is 34.9 Å². The van der Waals surface area contributed by atoms with E-state index in [2.05, 4.69) is 28.7 Å². The zero-order chi connectivity index (χ0) is 13.4. The average Bonchev–Trinajstić information content (AvgIpc) is 2.38. The SMILES string of the molecule is CC1CCN(c2ncnc3cc(N)ccc23)C(C)C1. The van der Waals surface area contributed by atoms with Crippen LogP contribution in [0.1, 0.15) is 26.7 Å². The summed E-state index contributed by atoms with van der Waals surface area (Å²) in [7, 11) is 0. The first-order chi connectivity index (χ1) is 9.15. The minimum atomic E-state index is 0.527. The highest BCUT2D eigenvalue weighted by molar-refractivity contribution is 5.91. The Morgan fingerprint density at radius 2 is 2.11 bits per heavy atom. The first kappa shape index (κ1) is 12.2. The molecule has 2 aromatic rings. The van der Waals surface area contributed by atoms with Crippen molar-refractivity contribution in [3.63, 3.8) is 0 Å². The zero-order valence-corrected chi connectivity index (χ0v) is 11.5. The lowest BCUT2D eigenvalue weighted by Crippen LogP contribution is -2.40. The number of fused-ring (bicyclic) bond motifs is 1. The van der Waals surface area contributed by atoms with Gasteiger partial charge in [0.2, 0.25) is 0 Å². The summed E-state index contributed by atoms with van der Waals surface area (Å²) in [5.74, 6) is 1.85. The number of piperidine rings is 1. The summed E-state index contributed by atoms with van der Waals surface area (Å²) in [6, 6.07) is 6.40. The van der Waals surface area contributed by atoms with Crippen molar-refractivity contribution in [2.45, 2.75) is 32.7 Å². The van der Waals surface area contributed by atoms with Gasteiger partial charge in [-0.2, -0.15) is 0 Å². The molecule has 1 aromatic carbocycles. The van der Waals surface area contributed by atoms with Gasteiger partial charge < -0.3 is 10.6 Å². The van der Waals surface area contributed by atoms with Crippen LogP contribution in [-0.2, 0) is 0 Å². The lowest BCUT2D eigenvalue weighted by molar-refractivity contribution is 0.376. The normalized spacial score (nSPS) is 23.8. The number of nitrogen functional groups attached to an aromatic ring is 1. The van der Waals surface area contributed by atoms with Crippen molar-refractivity contribution in [1.29, 1.82) is 0 Å². The maximum atomic E-state index is 5.82. The lowest BCUT2D eigenvalue weighted by Gasteiger charge is -2.37. The Morgan fingerprint density at radius 3 is 2.89 bits per heavy atom. The van der Waals surface area contributed by atoms with Gasteiger partial charge in [-0.05, 0) is 43.9 Å². The van der Waals surface area contributed by atoms with Gasteiger partial charge in [-0.1, -0.05) is 6.92 Å². The highest BCUT2D eigenvalue weighted by atomic mass is 15.2. The first-order valence-electron chi connectivity index (χ1n) is 6.92. The molecular formula is C15H20N4. The third kappa shape index (κ3) is 2.23. The Hall–Kier alpha value is -1.84. The van der Waals surface area contributed by atoms with E-state index in [1.807, 2.05) is 18.2 Å². The molecule has 1 aliphatic heterocycles. The molecule has 2 unspecified atom stereocenters. The van der Waals surface area contributed by atoms with E-state index in [9.17, 15) is 0 Å². The number of hydrogen-bond donors (Lipinski definition) is 1. The van der Waals surface area contributed by atoms with Gasteiger partial charge in [-0.3, -0.25) is 0 Å². The molecule has 100 valence electrons. The van der Waals surface area contributed by atoms with Crippen molar-refractivity contribution in [3.8, 4) is 0 Å². The van der Waals surface area contributed by atoms with E-state index in [1.165, 1.54) is 12.8 Å². The number of hydrogen-bond acceptors (Lipinski definition) is 4. The van der Waals surface area contributed by atoms with Gasteiger partial charge in [0.05, 0.1) is 5.52 Å². The van der Waals surface area contributed by atoms with Gasteiger partial charge in [0, 0.05) is 23.7 Å². The monoisotopic (exact) mass is 256 g/mol. The number of aromatic nitrogens is 2. The van der Waals surface area contributed by atoms with Crippen LogP contribution in [0.2, 0.25) is 0 Å². The molecule has 0 bridgehead atoms. The molecule has 0 saturated carbocycles. The molecule has 4 heteroatoms. The predicted octanol–water partition coefficient (Wildman–Crippen LogP) is 2.84. The van der Waals surface area contributed by atoms with Crippen LogP contribution in [0, 0.1) is 5.92 Å². The van der Waals surface area contributed by atoms with Crippen LogP contribution < -0.4 is 10.6 Å². The summed E-state index contributed by atoms with van der Waals surface area (Å²) < 4.78 is 0. The molecule has 4 nitrogen and oxygen atoms in total. The second-order valence-corrected chi connectivity index (χ2v) is 5.65. The second kappa shape index (κ2) is 4.68. The fourth-order valence-electron chi connectivity index (χ4n) is 3.01. The summed E-state index contributed by atoms with van der Waals surface area (Å²) in [6.07, 6.45) is 4.09. The maximum absolute atomic E-state index is 5.82. The molecule has 2 atom stereocenters. The van der Waals surface area contributed by atoms with Crippen molar-refractivity contribution in [1.82, 2.24) is 9.97 Å². The van der Waals surface area contributed by atoms with Crippen LogP contribution in [0.15, 0.2) is 24.5 Å². The van der Waals surface area contributed by atoms with Gasteiger partial charge >= 0.3 is 0 Å². The van der Waals surface area contributed by atoms with Crippen LogP contribution >= 0.6 is 0 Å². The molecular weight excluding hydrogens is 236 g/mol. The summed E-state index contributed by atoms with van der Waals surface area (Å²) in [4.78, 5) is 11.2. The molecule has 3 rings (SSSR count). The van der Waals surface area contributed by atoms with E-state index in [0.29, 0.717) is 6.04 Å². The van der Waals surface area contributed by atoms with Gasteiger partial charge in [0.25, 0.3) is 0 Å². The quantitative estimate of drug-likeness (QED) is 0.797. The molecule has 1 fully saturated rings. The van der Waals surface area contributed by atoms with E-state index in [-0.39, 0.29) is 0 Å². The number of nitrogens with two attached hydrogens (primary N) is 1. The van der Waals surface area contributed by atoms with Gasteiger partial charge in [-0.15, -0.1) is 0 Å². The minimum absolute atomic E-state index is 0.527. The highest BCUT2D eigenvalue weighted by Gasteiger charge is 2.25. The number of anilines is 2. The predicted molar refractivity (Wildman–Crippen MR) is 79.2 cm³/mol. The molecule has 19 heavy (non-hydrogen) atoms. The van der Waals surface area contributed by atoms with E-state index >= 15 is 0 Å². The molecule has 1 aliphatic rings. The Labute approximate surface area is 113 Å². The van der Waals surface area contributed by atoms with Gasteiger partial charge in [0.15, 0.2) is 0 Å². The summed E-state index contributed by atoms with van der Waals surface area (Å²) in [5.41, 5.74) is 7.50. The van der Waals surface area contributed by atoms with Crippen molar-refractivity contribution in [2.75, 3.05) is 17.2 Å². The Kier molecular flexibility index (Phi) is 3.01. The largest absolute Gasteiger partial charge is 0.399 e. The molecule has 0 radical (unpaired) electrons. The Balaban J connectivity index is 2.05. The van der Waals surface area contributed by atoms with Crippen LogP contribution in [0.3, 0.4) is 0 Å². The van der Waals surface area contributed by atoms with Crippen molar-refractivity contribution >= 4 is 22.4 Å². The molecule has 2 N–H and O–H groups in total. The zero-order valence-electron chi connectivity index (χ0n) is 11.5. The van der Waals surface area contributed by atoms with Gasteiger partial charge in [-0.25, -0.2) is 9.97 Å². The third-order valence-corrected chi connectivity index (χ3v) is 4.05. The second-order valence-electron chi connectivity index (χ2n) is 5.65. The summed E-state index contributed by atoms with van der Waals surface area (Å²) in [5, 5.41) is 1.10. The molecule has 1 saturated heterocycles. The van der Waals surface area contributed by atoms with E-state index in [1.54, 1.807) is 6.33 Å².